The first-order valence-electron chi connectivity index (χ1n) is 9.73. The SMILES string of the molecule is CCCCOCCCNC(=NC)NCC1(N2CCOCC2)CCSC1.I. The lowest BCUT2D eigenvalue weighted by atomic mass is 9.95. The Kier molecular flexibility index (Phi) is 13.3. The van der Waals surface area contributed by atoms with Gasteiger partial charge in [0, 0.05) is 57.7 Å². The number of ether oxygens (including phenoxy) is 2. The second kappa shape index (κ2) is 14.3. The van der Waals surface area contributed by atoms with Crippen molar-refractivity contribution >= 4 is 41.7 Å². The molecule has 0 aromatic rings. The summed E-state index contributed by atoms with van der Waals surface area (Å²) in [5.74, 6) is 3.35. The zero-order valence-electron chi connectivity index (χ0n) is 16.4. The fourth-order valence-electron chi connectivity index (χ4n) is 3.33. The number of halogens is 1. The minimum atomic E-state index is 0. The highest BCUT2D eigenvalue weighted by atomic mass is 127. The van der Waals surface area contributed by atoms with Crippen molar-refractivity contribution in [2.45, 2.75) is 38.1 Å². The van der Waals surface area contributed by atoms with E-state index in [2.05, 4.69) is 39.2 Å². The van der Waals surface area contributed by atoms with Gasteiger partial charge in [-0.1, -0.05) is 13.3 Å². The van der Waals surface area contributed by atoms with Crippen LogP contribution in [0.15, 0.2) is 4.99 Å². The van der Waals surface area contributed by atoms with E-state index in [4.69, 9.17) is 9.47 Å². The van der Waals surface area contributed by atoms with Gasteiger partial charge in [0.15, 0.2) is 5.96 Å². The summed E-state index contributed by atoms with van der Waals surface area (Å²) < 4.78 is 11.1. The molecule has 2 fully saturated rings. The third kappa shape index (κ3) is 8.08. The number of hydrogen-bond acceptors (Lipinski definition) is 5. The van der Waals surface area contributed by atoms with E-state index in [1.54, 1.807) is 0 Å². The van der Waals surface area contributed by atoms with Crippen LogP contribution in [0.4, 0.5) is 0 Å². The molecule has 154 valence electrons. The second-order valence-electron chi connectivity index (χ2n) is 6.80. The largest absolute Gasteiger partial charge is 0.381 e. The van der Waals surface area contributed by atoms with Gasteiger partial charge in [-0.2, -0.15) is 11.8 Å². The maximum Gasteiger partial charge on any atom is 0.191 e. The standard InChI is InChI=1S/C18H36N4O2S.HI/c1-3-4-10-23-11-5-7-20-17(19-2)21-15-18(6-14-25-16-18)22-8-12-24-13-9-22;/h3-16H2,1-2H3,(H2,19,20,21);1H. The van der Waals surface area contributed by atoms with E-state index in [0.29, 0.717) is 0 Å². The highest BCUT2D eigenvalue weighted by molar-refractivity contribution is 14.0. The van der Waals surface area contributed by atoms with Crippen molar-refractivity contribution in [3.8, 4) is 0 Å². The van der Waals surface area contributed by atoms with E-state index in [1.807, 2.05) is 7.05 Å². The summed E-state index contributed by atoms with van der Waals surface area (Å²) in [5.41, 5.74) is 0.245. The molecule has 2 N–H and O–H groups in total. The number of nitrogens with one attached hydrogen (secondary N) is 2. The number of unbranched alkanes of at least 4 members (excludes halogenated alkanes) is 1. The predicted octanol–water partition coefficient (Wildman–Crippen LogP) is 2.18. The van der Waals surface area contributed by atoms with Crippen molar-refractivity contribution in [2.75, 3.05) is 71.2 Å². The van der Waals surface area contributed by atoms with Gasteiger partial charge in [-0.05, 0) is 25.0 Å². The summed E-state index contributed by atoms with van der Waals surface area (Å²) in [6.07, 6.45) is 4.60. The average Bonchev–Trinajstić information content (AvgIpc) is 3.14. The third-order valence-electron chi connectivity index (χ3n) is 4.97. The van der Waals surface area contributed by atoms with E-state index in [0.717, 1.165) is 71.4 Å². The maximum absolute atomic E-state index is 5.60. The molecule has 0 aromatic carbocycles. The van der Waals surface area contributed by atoms with Gasteiger partial charge in [-0.3, -0.25) is 9.89 Å². The Hall–Kier alpha value is 0.230. The van der Waals surface area contributed by atoms with Crippen LogP contribution in [0.25, 0.3) is 0 Å². The predicted molar refractivity (Wildman–Crippen MR) is 122 cm³/mol. The Bertz CT molecular complexity index is 389. The molecule has 2 aliphatic rings. The van der Waals surface area contributed by atoms with Crippen LogP contribution in [0, 0.1) is 0 Å². The highest BCUT2D eigenvalue weighted by Crippen LogP contribution is 2.33. The van der Waals surface area contributed by atoms with Crippen molar-refractivity contribution in [1.29, 1.82) is 0 Å². The molecule has 0 bridgehead atoms. The number of thioether (sulfide) groups is 1. The quantitative estimate of drug-likeness (QED) is 0.208. The van der Waals surface area contributed by atoms with Crippen molar-refractivity contribution < 1.29 is 9.47 Å². The molecule has 0 spiro atoms. The van der Waals surface area contributed by atoms with Gasteiger partial charge in [-0.15, -0.1) is 24.0 Å². The summed E-state index contributed by atoms with van der Waals surface area (Å²) in [4.78, 5) is 7.00. The minimum Gasteiger partial charge on any atom is -0.381 e. The van der Waals surface area contributed by atoms with Crippen molar-refractivity contribution in [2.24, 2.45) is 4.99 Å². The molecule has 0 aliphatic carbocycles. The zero-order valence-corrected chi connectivity index (χ0v) is 19.6. The molecular weight excluding hydrogens is 463 g/mol. The molecule has 1 atom stereocenters. The number of aliphatic imine (C=N–C) groups is 1. The van der Waals surface area contributed by atoms with Gasteiger partial charge >= 0.3 is 0 Å². The first-order valence-corrected chi connectivity index (χ1v) is 10.9. The summed E-state index contributed by atoms with van der Waals surface area (Å²) in [5, 5.41) is 6.98. The fraction of sp³-hybridized carbons (Fsp3) is 0.944. The van der Waals surface area contributed by atoms with Crippen molar-refractivity contribution in [1.82, 2.24) is 15.5 Å². The zero-order chi connectivity index (χ0) is 17.8. The highest BCUT2D eigenvalue weighted by Gasteiger charge is 2.40. The van der Waals surface area contributed by atoms with Gasteiger partial charge in [0.05, 0.1) is 13.2 Å². The van der Waals surface area contributed by atoms with E-state index < -0.39 is 0 Å². The number of rotatable bonds is 10. The fourth-order valence-corrected chi connectivity index (χ4v) is 4.81. The number of guanidine groups is 1. The van der Waals surface area contributed by atoms with Gasteiger partial charge < -0.3 is 20.1 Å². The smallest absolute Gasteiger partial charge is 0.191 e. The maximum atomic E-state index is 5.60. The summed E-state index contributed by atoms with van der Waals surface area (Å²) in [6, 6.07) is 0. The lowest BCUT2D eigenvalue weighted by Gasteiger charge is -2.43. The topological polar surface area (TPSA) is 58.1 Å². The van der Waals surface area contributed by atoms with E-state index in [1.165, 1.54) is 24.3 Å². The number of hydrogen-bond donors (Lipinski definition) is 2. The molecule has 8 heteroatoms. The Balaban J connectivity index is 0.00000338. The van der Waals surface area contributed by atoms with Crippen LogP contribution in [0.1, 0.15) is 32.6 Å². The third-order valence-corrected chi connectivity index (χ3v) is 6.21. The Morgan fingerprint density at radius 2 is 2.00 bits per heavy atom. The number of nitrogens with zero attached hydrogens (tertiary/aromatic N) is 2. The Morgan fingerprint density at radius 3 is 2.65 bits per heavy atom. The monoisotopic (exact) mass is 500 g/mol. The minimum absolute atomic E-state index is 0. The molecule has 0 saturated carbocycles. The first-order chi connectivity index (χ1) is 12.3. The van der Waals surface area contributed by atoms with Gasteiger partial charge in [0.2, 0.25) is 0 Å². The molecule has 2 saturated heterocycles. The van der Waals surface area contributed by atoms with E-state index in [-0.39, 0.29) is 29.5 Å². The van der Waals surface area contributed by atoms with Crippen LogP contribution >= 0.6 is 35.7 Å². The summed E-state index contributed by atoms with van der Waals surface area (Å²) in [7, 11) is 1.85. The Morgan fingerprint density at radius 1 is 1.23 bits per heavy atom. The summed E-state index contributed by atoms with van der Waals surface area (Å²) in [6.45, 7) is 9.54. The van der Waals surface area contributed by atoms with E-state index in [9.17, 15) is 0 Å². The van der Waals surface area contributed by atoms with Crippen LogP contribution in [-0.2, 0) is 9.47 Å². The summed E-state index contributed by atoms with van der Waals surface area (Å²) >= 11 is 2.07. The van der Waals surface area contributed by atoms with Gasteiger partial charge in [-0.25, -0.2) is 0 Å². The first kappa shape index (κ1) is 24.3. The molecule has 0 amide bonds. The molecule has 2 heterocycles. The van der Waals surface area contributed by atoms with Gasteiger partial charge in [0.1, 0.15) is 0 Å². The molecular formula is C18H37IN4O2S. The lowest BCUT2D eigenvalue weighted by molar-refractivity contribution is -0.0120. The lowest BCUT2D eigenvalue weighted by Crippen LogP contribution is -2.60. The average molecular weight is 500 g/mol. The van der Waals surface area contributed by atoms with Crippen LogP contribution in [0.2, 0.25) is 0 Å². The van der Waals surface area contributed by atoms with Crippen molar-refractivity contribution in [3.05, 3.63) is 0 Å². The molecule has 0 aromatic heterocycles. The molecule has 1 unspecified atom stereocenters. The van der Waals surface area contributed by atoms with E-state index >= 15 is 0 Å². The number of morpholine rings is 1. The molecule has 2 aliphatic heterocycles. The normalized spacial score (nSPS) is 24.3. The van der Waals surface area contributed by atoms with Crippen molar-refractivity contribution in [3.63, 3.8) is 0 Å². The van der Waals surface area contributed by atoms with Crippen LogP contribution in [0.3, 0.4) is 0 Å². The molecule has 0 radical (unpaired) electrons. The van der Waals surface area contributed by atoms with Crippen LogP contribution in [-0.4, -0.2) is 87.6 Å². The Labute approximate surface area is 180 Å². The van der Waals surface area contributed by atoms with Crippen LogP contribution < -0.4 is 10.6 Å². The molecule has 2 rings (SSSR count). The van der Waals surface area contributed by atoms with Gasteiger partial charge in [0.25, 0.3) is 0 Å². The van der Waals surface area contributed by atoms with Crippen LogP contribution in [0.5, 0.6) is 0 Å². The molecule has 6 nitrogen and oxygen atoms in total. The second-order valence-corrected chi connectivity index (χ2v) is 7.90. The molecule has 26 heavy (non-hydrogen) atoms.